The van der Waals surface area contributed by atoms with Gasteiger partial charge in [0.25, 0.3) is 0 Å². The summed E-state index contributed by atoms with van der Waals surface area (Å²) in [6.07, 6.45) is 2.57. The molecule has 1 saturated heterocycles. The topological polar surface area (TPSA) is 6.48 Å². The van der Waals surface area contributed by atoms with Crippen molar-refractivity contribution in [3.05, 3.63) is 0 Å². The molecular weight excluding hydrogens is 168 g/mol. The third-order valence-corrected chi connectivity index (χ3v) is 2.79. The molecule has 0 aromatic heterocycles. The van der Waals surface area contributed by atoms with E-state index in [9.17, 15) is 0 Å². The molecule has 2 nitrogen and oxygen atoms in total. The van der Waals surface area contributed by atoms with Crippen LogP contribution < -0.4 is 0 Å². The van der Waals surface area contributed by atoms with Crippen LogP contribution in [0.2, 0.25) is 0 Å². The van der Waals surface area contributed by atoms with Gasteiger partial charge in [-0.25, -0.2) is 0 Å². The van der Waals surface area contributed by atoms with Gasteiger partial charge in [0.1, 0.15) is 0 Å². The van der Waals surface area contributed by atoms with E-state index in [1.54, 1.807) is 0 Å². The quantitative estimate of drug-likeness (QED) is 0.518. The molecule has 1 heterocycles. The van der Waals surface area contributed by atoms with Crippen LogP contribution in [0.15, 0.2) is 0 Å². The van der Waals surface area contributed by atoms with Crippen molar-refractivity contribution < 1.29 is 0 Å². The zero-order valence-corrected chi connectivity index (χ0v) is 8.89. The van der Waals surface area contributed by atoms with Gasteiger partial charge in [-0.3, -0.25) is 0 Å². The van der Waals surface area contributed by atoms with Gasteiger partial charge in [-0.05, 0) is 32.2 Å². The second kappa shape index (κ2) is 5.84. The molecule has 0 saturated carbocycles. The number of hydrogen-bond acceptors (Lipinski definition) is 3. The summed E-state index contributed by atoms with van der Waals surface area (Å²) >= 11 is 4.21. The number of likely N-dealkylation sites (N-methyl/N-ethyl adjacent to an activating group) is 1. The Morgan fingerprint density at radius 3 is 2.33 bits per heavy atom. The standard InChI is InChI=1S/C9H20N2S/c1-10-5-7-11(8-6-10)4-2-3-9-12/h12H,2-9H2,1H3. The highest BCUT2D eigenvalue weighted by Crippen LogP contribution is 2.01. The van der Waals surface area contributed by atoms with Gasteiger partial charge < -0.3 is 9.80 Å². The van der Waals surface area contributed by atoms with Gasteiger partial charge in [0.15, 0.2) is 0 Å². The summed E-state index contributed by atoms with van der Waals surface area (Å²) in [7, 11) is 2.20. The van der Waals surface area contributed by atoms with Crippen molar-refractivity contribution in [2.75, 3.05) is 45.5 Å². The first-order chi connectivity index (χ1) is 5.83. The maximum absolute atomic E-state index is 4.21. The molecule has 1 aliphatic heterocycles. The normalized spacial score (nSPS) is 21.5. The van der Waals surface area contributed by atoms with Crippen LogP contribution in [0.3, 0.4) is 0 Å². The van der Waals surface area contributed by atoms with Crippen molar-refractivity contribution in [2.45, 2.75) is 12.8 Å². The summed E-state index contributed by atoms with van der Waals surface area (Å²) < 4.78 is 0. The van der Waals surface area contributed by atoms with Gasteiger partial charge in [-0.1, -0.05) is 0 Å². The lowest BCUT2D eigenvalue weighted by Crippen LogP contribution is -2.44. The smallest absolute Gasteiger partial charge is 0.0110 e. The average Bonchev–Trinajstić information content (AvgIpc) is 2.09. The van der Waals surface area contributed by atoms with E-state index in [1.165, 1.54) is 45.6 Å². The summed E-state index contributed by atoms with van der Waals surface area (Å²) in [6.45, 7) is 6.25. The van der Waals surface area contributed by atoms with Crippen LogP contribution >= 0.6 is 12.6 Å². The Labute approximate surface area is 81.3 Å². The minimum Gasteiger partial charge on any atom is -0.304 e. The number of piperazine rings is 1. The van der Waals surface area contributed by atoms with Gasteiger partial charge in [0, 0.05) is 26.2 Å². The molecule has 0 aromatic rings. The Morgan fingerprint density at radius 2 is 1.75 bits per heavy atom. The highest BCUT2D eigenvalue weighted by Gasteiger charge is 2.12. The summed E-state index contributed by atoms with van der Waals surface area (Å²) in [4.78, 5) is 4.96. The van der Waals surface area contributed by atoms with Crippen LogP contribution in [0.1, 0.15) is 12.8 Å². The van der Waals surface area contributed by atoms with E-state index in [-0.39, 0.29) is 0 Å². The molecule has 0 aliphatic carbocycles. The van der Waals surface area contributed by atoms with Gasteiger partial charge in [-0.2, -0.15) is 12.6 Å². The lowest BCUT2D eigenvalue weighted by molar-refractivity contribution is 0.153. The number of hydrogen-bond donors (Lipinski definition) is 1. The Hall–Kier alpha value is 0.270. The number of nitrogens with zero attached hydrogens (tertiary/aromatic N) is 2. The predicted molar refractivity (Wildman–Crippen MR) is 57.0 cm³/mol. The van der Waals surface area contributed by atoms with Crippen LogP contribution in [0.4, 0.5) is 0 Å². The minimum atomic E-state index is 1.04. The summed E-state index contributed by atoms with van der Waals surface area (Å²) in [5, 5.41) is 0. The molecule has 1 aliphatic rings. The van der Waals surface area contributed by atoms with E-state index in [2.05, 4.69) is 29.5 Å². The fourth-order valence-electron chi connectivity index (χ4n) is 1.52. The molecule has 1 rings (SSSR count). The molecule has 0 unspecified atom stereocenters. The zero-order chi connectivity index (χ0) is 8.81. The van der Waals surface area contributed by atoms with Crippen LogP contribution in [-0.4, -0.2) is 55.3 Å². The molecule has 1 fully saturated rings. The lowest BCUT2D eigenvalue weighted by atomic mass is 10.2. The molecule has 0 N–H and O–H groups in total. The van der Waals surface area contributed by atoms with Gasteiger partial charge in [-0.15, -0.1) is 0 Å². The van der Waals surface area contributed by atoms with Gasteiger partial charge in [0.2, 0.25) is 0 Å². The number of thiol groups is 1. The molecule has 12 heavy (non-hydrogen) atoms. The Morgan fingerprint density at radius 1 is 1.08 bits per heavy atom. The van der Waals surface area contributed by atoms with Crippen LogP contribution in [0.25, 0.3) is 0 Å². The maximum Gasteiger partial charge on any atom is 0.0110 e. The minimum absolute atomic E-state index is 1.04. The fraction of sp³-hybridized carbons (Fsp3) is 1.00. The van der Waals surface area contributed by atoms with E-state index in [0.29, 0.717) is 0 Å². The fourth-order valence-corrected chi connectivity index (χ4v) is 1.74. The van der Waals surface area contributed by atoms with Crippen molar-refractivity contribution >= 4 is 12.6 Å². The van der Waals surface area contributed by atoms with Crippen molar-refractivity contribution in [1.29, 1.82) is 0 Å². The lowest BCUT2D eigenvalue weighted by Gasteiger charge is -2.32. The van der Waals surface area contributed by atoms with Crippen molar-refractivity contribution in [3.63, 3.8) is 0 Å². The zero-order valence-electron chi connectivity index (χ0n) is 8.00. The molecule has 0 amide bonds. The third kappa shape index (κ3) is 3.78. The highest BCUT2D eigenvalue weighted by molar-refractivity contribution is 7.80. The largest absolute Gasteiger partial charge is 0.304 e. The van der Waals surface area contributed by atoms with E-state index in [1.807, 2.05) is 0 Å². The average molecular weight is 188 g/mol. The monoisotopic (exact) mass is 188 g/mol. The molecule has 72 valence electrons. The highest BCUT2D eigenvalue weighted by atomic mass is 32.1. The SMILES string of the molecule is CN1CCN(CCCCS)CC1. The number of unbranched alkanes of at least 4 members (excludes halogenated alkanes) is 1. The summed E-state index contributed by atoms with van der Waals surface area (Å²) in [6, 6.07) is 0. The second-order valence-electron chi connectivity index (χ2n) is 3.58. The summed E-state index contributed by atoms with van der Waals surface area (Å²) in [5.41, 5.74) is 0. The Balaban J connectivity index is 2.01. The van der Waals surface area contributed by atoms with Crippen LogP contribution in [0.5, 0.6) is 0 Å². The van der Waals surface area contributed by atoms with Crippen molar-refractivity contribution in [2.24, 2.45) is 0 Å². The first-order valence-electron chi connectivity index (χ1n) is 4.84. The van der Waals surface area contributed by atoms with Gasteiger partial charge >= 0.3 is 0 Å². The van der Waals surface area contributed by atoms with E-state index in [4.69, 9.17) is 0 Å². The van der Waals surface area contributed by atoms with Crippen LogP contribution in [-0.2, 0) is 0 Å². The second-order valence-corrected chi connectivity index (χ2v) is 4.02. The van der Waals surface area contributed by atoms with Crippen LogP contribution in [0, 0.1) is 0 Å². The molecule has 0 atom stereocenters. The van der Waals surface area contributed by atoms with Crippen molar-refractivity contribution in [3.8, 4) is 0 Å². The Kier molecular flexibility index (Phi) is 5.04. The predicted octanol–water partition coefficient (Wildman–Crippen LogP) is 0.944. The number of rotatable bonds is 4. The van der Waals surface area contributed by atoms with Gasteiger partial charge in [0.05, 0.1) is 0 Å². The Bertz CT molecular complexity index is 111. The maximum atomic E-state index is 4.21. The molecular formula is C9H20N2S. The van der Waals surface area contributed by atoms with E-state index in [0.717, 1.165) is 5.75 Å². The van der Waals surface area contributed by atoms with E-state index >= 15 is 0 Å². The molecule has 0 aromatic carbocycles. The molecule has 3 heteroatoms. The molecule has 0 radical (unpaired) electrons. The van der Waals surface area contributed by atoms with E-state index < -0.39 is 0 Å². The third-order valence-electron chi connectivity index (χ3n) is 2.48. The first-order valence-corrected chi connectivity index (χ1v) is 5.48. The first kappa shape index (κ1) is 10.4. The van der Waals surface area contributed by atoms with Crippen molar-refractivity contribution in [1.82, 2.24) is 9.80 Å². The molecule has 0 bridgehead atoms. The molecule has 0 spiro atoms. The summed E-state index contributed by atoms with van der Waals surface area (Å²) in [5.74, 6) is 1.04.